The number of hydrogen-bond donors (Lipinski definition) is 1. The van der Waals surface area contributed by atoms with Crippen molar-refractivity contribution in [3.8, 4) is 22.6 Å². The minimum absolute atomic E-state index is 0.238. The first-order valence-electron chi connectivity index (χ1n) is 11.6. The zero-order valence-electron chi connectivity index (χ0n) is 20.4. The summed E-state index contributed by atoms with van der Waals surface area (Å²) < 4.78 is 37.4. The summed E-state index contributed by atoms with van der Waals surface area (Å²) in [6, 6.07) is 18.5. The fraction of sp³-hybridized carbons (Fsp3) is 0.296. The first kappa shape index (κ1) is 24.6. The molecule has 0 saturated heterocycles. The van der Waals surface area contributed by atoms with Crippen LogP contribution in [-0.2, 0) is 16.3 Å². The number of rotatable bonds is 9. The van der Waals surface area contributed by atoms with Crippen LogP contribution in [0.4, 0.5) is 0 Å². The number of benzene rings is 3. The third-order valence-electron chi connectivity index (χ3n) is 6.07. The normalized spacial score (nSPS) is 12.6. The Labute approximate surface area is 205 Å². The fourth-order valence-electron chi connectivity index (χ4n) is 4.49. The number of nitrogens with zero attached hydrogens (tertiary/aromatic N) is 1. The first-order valence-corrected chi connectivity index (χ1v) is 13.6. The summed E-state index contributed by atoms with van der Waals surface area (Å²) in [7, 11) is -1.88. The Morgan fingerprint density at radius 2 is 1.77 bits per heavy atom. The number of aryl methyl sites for hydroxylation is 1. The van der Waals surface area contributed by atoms with Crippen LogP contribution < -0.4 is 15.2 Å². The van der Waals surface area contributed by atoms with Gasteiger partial charge in [-0.2, -0.15) is 0 Å². The van der Waals surface area contributed by atoms with Crippen molar-refractivity contribution in [1.82, 2.24) is 9.55 Å². The van der Waals surface area contributed by atoms with Crippen LogP contribution in [0.2, 0.25) is 0 Å². The van der Waals surface area contributed by atoms with Crippen LogP contribution in [0, 0.1) is 0 Å². The third kappa shape index (κ3) is 5.12. The molecule has 4 rings (SSSR count). The molecule has 184 valence electrons. The molecule has 0 fully saturated rings. The SMILES string of the molecule is CCOc1cc([C@@H](CS(C)(=O)=O)n2c(=O)[nH]c3cc(-c4ccccc4CC)ccc32)ccc1OC. The molecule has 0 aliphatic carbocycles. The molecule has 7 nitrogen and oxygen atoms in total. The molecular weight excluding hydrogens is 464 g/mol. The molecule has 0 bridgehead atoms. The number of aromatic nitrogens is 2. The molecule has 8 heteroatoms. The Hall–Kier alpha value is -3.52. The second-order valence-corrected chi connectivity index (χ2v) is 10.7. The second kappa shape index (κ2) is 10.00. The molecule has 0 unspecified atom stereocenters. The largest absolute Gasteiger partial charge is 0.493 e. The molecule has 1 atom stereocenters. The number of methoxy groups -OCH3 is 1. The number of aromatic amines is 1. The Bertz CT molecular complexity index is 1520. The molecule has 0 amide bonds. The lowest BCUT2D eigenvalue weighted by atomic mass is 9.98. The molecule has 0 aliphatic heterocycles. The standard InChI is InChI=1S/C27H30N2O5S/c1-5-18-9-7-8-10-21(18)19-11-13-23-22(15-19)28-27(30)29(23)24(17-35(4,31)32)20-12-14-25(33-3)26(16-20)34-6-2/h7-16,24H,5-6,17H2,1-4H3,(H,28,30)/t24-/m1/s1. The Kier molecular flexibility index (Phi) is 7.03. The number of nitrogens with one attached hydrogen (secondary N) is 1. The van der Waals surface area contributed by atoms with Crippen molar-refractivity contribution in [1.29, 1.82) is 0 Å². The summed E-state index contributed by atoms with van der Waals surface area (Å²) in [4.78, 5) is 16.1. The molecular formula is C27H30N2O5S. The summed E-state index contributed by atoms with van der Waals surface area (Å²) in [5, 5.41) is 0. The van der Waals surface area contributed by atoms with E-state index in [9.17, 15) is 13.2 Å². The van der Waals surface area contributed by atoms with E-state index in [4.69, 9.17) is 9.47 Å². The predicted molar refractivity (Wildman–Crippen MR) is 139 cm³/mol. The van der Waals surface area contributed by atoms with E-state index >= 15 is 0 Å². The van der Waals surface area contributed by atoms with Gasteiger partial charge in [0.25, 0.3) is 0 Å². The smallest absolute Gasteiger partial charge is 0.327 e. The van der Waals surface area contributed by atoms with Gasteiger partial charge < -0.3 is 14.5 Å². The number of fused-ring (bicyclic) bond motifs is 1. The van der Waals surface area contributed by atoms with Gasteiger partial charge in [0.1, 0.15) is 9.84 Å². The number of H-pyrrole nitrogens is 1. The summed E-state index contributed by atoms with van der Waals surface area (Å²) in [6.45, 7) is 4.39. The van der Waals surface area contributed by atoms with E-state index in [1.165, 1.54) is 16.4 Å². The van der Waals surface area contributed by atoms with Gasteiger partial charge in [0.2, 0.25) is 0 Å². The predicted octanol–water partition coefficient (Wildman–Crippen LogP) is 4.60. The second-order valence-electron chi connectivity index (χ2n) is 8.49. The Morgan fingerprint density at radius 1 is 1.00 bits per heavy atom. The van der Waals surface area contributed by atoms with E-state index in [2.05, 4.69) is 24.0 Å². The van der Waals surface area contributed by atoms with E-state index in [0.29, 0.717) is 34.7 Å². The lowest BCUT2D eigenvalue weighted by Crippen LogP contribution is -2.28. The van der Waals surface area contributed by atoms with Gasteiger partial charge in [-0.1, -0.05) is 43.3 Å². The van der Waals surface area contributed by atoms with Gasteiger partial charge in [0, 0.05) is 6.26 Å². The summed E-state index contributed by atoms with van der Waals surface area (Å²) in [5.74, 6) is 0.801. The zero-order valence-corrected chi connectivity index (χ0v) is 21.2. The van der Waals surface area contributed by atoms with Crippen LogP contribution in [0.3, 0.4) is 0 Å². The van der Waals surface area contributed by atoms with Crippen LogP contribution in [0.1, 0.15) is 31.0 Å². The number of hydrogen-bond acceptors (Lipinski definition) is 5. The molecule has 3 aromatic carbocycles. The summed E-state index contributed by atoms with van der Waals surface area (Å²) in [6.07, 6.45) is 2.06. The monoisotopic (exact) mass is 494 g/mol. The minimum Gasteiger partial charge on any atom is -0.493 e. The average molecular weight is 495 g/mol. The number of sulfone groups is 1. The van der Waals surface area contributed by atoms with Crippen LogP contribution in [0.25, 0.3) is 22.2 Å². The molecule has 0 spiro atoms. The molecule has 0 radical (unpaired) electrons. The van der Waals surface area contributed by atoms with Crippen LogP contribution >= 0.6 is 0 Å². The maximum Gasteiger partial charge on any atom is 0.327 e. The highest BCUT2D eigenvalue weighted by molar-refractivity contribution is 7.90. The van der Waals surface area contributed by atoms with Crippen molar-refractivity contribution >= 4 is 20.9 Å². The summed E-state index contributed by atoms with van der Waals surface area (Å²) in [5.41, 5.74) is 4.86. The van der Waals surface area contributed by atoms with Gasteiger partial charge >= 0.3 is 5.69 Å². The van der Waals surface area contributed by atoms with Crippen LogP contribution in [-0.4, -0.2) is 43.7 Å². The highest BCUT2D eigenvalue weighted by Gasteiger charge is 2.25. The highest BCUT2D eigenvalue weighted by Crippen LogP contribution is 2.34. The molecule has 1 N–H and O–H groups in total. The summed E-state index contributed by atoms with van der Waals surface area (Å²) >= 11 is 0. The fourth-order valence-corrected chi connectivity index (χ4v) is 5.41. The Morgan fingerprint density at radius 3 is 2.46 bits per heavy atom. The molecule has 35 heavy (non-hydrogen) atoms. The van der Waals surface area contributed by atoms with Gasteiger partial charge in [-0.05, 0) is 59.9 Å². The van der Waals surface area contributed by atoms with Crippen molar-refractivity contribution in [2.24, 2.45) is 0 Å². The van der Waals surface area contributed by atoms with Crippen molar-refractivity contribution in [2.45, 2.75) is 26.3 Å². The van der Waals surface area contributed by atoms with Crippen molar-refractivity contribution < 1.29 is 17.9 Å². The van der Waals surface area contributed by atoms with E-state index in [-0.39, 0.29) is 11.4 Å². The minimum atomic E-state index is -3.43. The van der Waals surface area contributed by atoms with Crippen molar-refractivity contribution in [2.75, 3.05) is 25.7 Å². The van der Waals surface area contributed by atoms with E-state index in [1.54, 1.807) is 25.3 Å². The maximum absolute atomic E-state index is 13.2. The molecule has 4 aromatic rings. The van der Waals surface area contributed by atoms with Gasteiger partial charge in [0.15, 0.2) is 11.5 Å². The van der Waals surface area contributed by atoms with Gasteiger partial charge in [-0.3, -0.25) is 4.57 Å². The van der Waals surface area contributed by atoms with Gasteiger partial charge in [0.05, 0.1) is 36.5 Å². The van der Waals surface area contributed by atoms with Crippen LogP contribution in [0.5, 0.6) is 11.5 Å². The molecule has 1 aromatic heterocycles. The topological polar surface area (TPSA) is 90.4 Å². The average Bonchev–Trinajstić information content (AvgIpc) is 3.16. The van der Waals surface area contributed by atoms with Gasteiger partial charge in [-0.25, -0.2) is 13.2 Å². The van der Waals surface area contributed by atoms with Gasteiger partial charge in [-0.15, -0.1) is 0 Å². The molecule has 1 heterocycles. The highest BCUT2D eigenvalue weighted by atomic mass is 32.2. The van der Waals surface area contributed by atoms with Crippen molar-refractivity contribution in [3.05, 3.63) is 82.3 Å². The number of imidazole rings is 1. The number of ether oxygens (including phenoxy) is 2. The lowest BCUT2D eigenvalue weighted by Gasteiger charge is -2.20. The van der Waals surface area contributed by atoms with E-state index < -0.39 is 15.9 Å². The molecule has 0 saturated carbocycles. The first-order chi connectivity index (χ1) is 16.8. The van der Waals surface area contributed by atoms with Crippen LogP contribution in [0.15, 0.2) is 65.5 Å². The van der Waals surface area contributed by atoms with Crippen molar-refractivity contribution in [3.63, 3.8) is 0 Å². The Balaban J connectivity index is 1.88. The third-order valence-corrected chi connectivity index (χ3v) is 6.99. The molecule has 0 aliphatic rings. The zero-order chi connectivity index (χ0) is 25.2. The van der Waals surface area contributed by atoms with E-state index in [1.807, 2.05) is 37.3 Å². The maximum atomic E-state index is 13.2. The quantitative estimate of drug-likeness (QED) is 0.367. The lowest BCUT2D eigenvalue weighted by molar-refractivity contribution is 0.310. The van der Waals surface area contributed by atoms with E-state index in [0.717, 1.165) is 17.5 Å².